The van der Waals surface area contributed by atoms with E-state index in [1.165, 1.54) is 8.61 Å². The predicted octanol–water partition coefficient (Wildman–Crippen LogP) is 0.279. The predicted molar refractivity (Wildman–Crippen MR) is 62.3 cm³/mol. The zero-order valence-electron chi connectivity index (χ0n) is 9.02. The van der Waals surface area contributed by atoms with Gasteiger partial charge in [-0.3, -0.25) is 0 Å². The summed E-state index contributed by atoms with van der Waals surface area (Å²) in [5.41, 5.74) is 0. The summed E-state index contributed by atoms with van der Waals surface area (Å²) in [6.45, 7) is 4.26. The monoisotopic (exact) mass is 300 g/mol. The van der Waals surface area contributed by atoms with Crippen LogP contribution in [0.4, 0.5) is 0 Å². The van der Waals surface area contributed by atoms with Gasteiger partial charge in [0.05, 0.1) is 13.2 Å². The highest BCUT2D eigenvalue weighted by atomic mass is 79.9. The molecule has 0 aromatic rings. The van der Waals surface area contributed by atoms with Crippen LogP contribution in [-0.2, 0) is 14.9 Å². The number of ether oxygens (including phenoxy) is 1. The van der Waals surface area contributed by atoms with Crippen molar-refractivity contribution in [1.82, 2.24) is 8.61 Å². The zero-order chi connectivity index (χ0) is 11.5. The number of rotatable bonds is 4. The Kier molecular flexibility index (Phi) is 4.98. The van der Waals surface area contributed by atoms with E-state index in [1.54, 1.807) is 7.05 Å². The van der Waals surface area contributed by atoms with Crippen LogP contribution in [0.15, 0.2) is 0 Å². The smallest absolute Gasteiger partial charge is 0.281 e. The molecule has 1 fully saturated rings. The van der Waals surface area contributed by atoms with Crippen molar-refractivity contribution in [3.05, 3.63) is 0 Å². The summed E-state index contributed by atoms with van der Waals surface area (Å²) in [6.07, 6.45) is 0. The third-order valence-electron chi connectivity index (χ3n) is 2.20. The third-order valence-corrected chi connectivity index (χ3v) is 4.44. The summed E-state index contributed by atoms with van der Waals surface area (Å²) >= 11 is 3.34. The van der Waals surface area contributed by atoms with Gasteiger partial charge in [-0.2, -0.15) is 17.0 Å². The fourth-order valence-corrected chi connectivity index (χ4v) is 3.47. The number of halogens is 1. The molecule has 15 heavy (non-hydrogen) atoms. The number of hydrogen-bond donors (Lipinski definition) is 0. The second kappa shape index (κ2) is 5.58. The quantitative estimate of drug-likeness (QED) is 0.701. The molecule has 90 valence electrons. The van der Waals surface area contributed by atoms with Crippen LogP contribution >= 0.6 is 15.9 Å². The first-order valence-electron chi connectivity index (χ1n) is 4.88. The molecule has 1 aliphatic heterocycles. The lowest BCUT2D eigenvalue weighted by Crippen LogP contribution is -2.48. The first-order valence-corrected chi connectivity index (χ1v) is 7.19. The maximum atomic E-state index is 12.0. The Labute approximate surface area is 99.7 Å². The standard InChI is InChI=1S/C8H17BrN2O3S/c1-8(9)7-10(2)15(12,13)11-3-5-14-6-4-11/h8H,3-7H2,1-2H3. The van der Waals surface area contributed by atoms with Crippen LogP contribution in [0.5, 0.6) is 0 Å². The third kappa shape index (κ3) is 3.67. The van der Waals surface area contributed by atoms with Gasteiger partial charge in [-0.15, -0.1) is 0 Å². The van der Waals surface area contributed by atoms with Gasteiger partial charge in [0.2, 0.25) is 0 Å². The molecule has 0 saturated carbocycles. The van der Waals surface area contributed by atoms with Crippen LogP contribution in [0.2, 0.25) is 0 Å². The minimum absolute atomic E-state index is 0.151. The van der Waals surface area contributed by atoms with Gasteiger partial charge in [0.1, 0.15) is 0 Å². The van der Waals surface area contributed by atoms with Crippen molar-refractivity contribution in [2.75, 3.05) is 39.9 Å². The van der Waals surface area contributed by atoms with Gasteiger partial charge >= 0.3 is 0 Å². The molecule has 1 rings (SSSR count). The fraction of sp³-hybridized carbons (Fsp3) is 1.00. The molecule has 1 aliphatic rings. The van der Waals surface area contributed by atoms with Gasteiger partial charge in [0, 0.05) is 31.5 Å². The molecular formula is C8H17BrN2O3S. The highest BCUT2D eigenvalue weighted by Crippen LogP contribution is 2.11. The van der Waals surface area contributed by atoms with E-state index in [0.717, 1.165) is 0 Å². The lowest BCUT2D eigenvalue weighted by Gasteiger charge is -2.30. The molecule has 1 unspecified atom stereocenters. The van der Waals surface area contributed by atoms with E-state index in [-0.39, 0.29) is 4.83 Å². The Balaban J connectivity index is 2.63. The maximum Gasteiger partial charge on any atom is 0.281 e. The molecule has 1 heterocycles. The molecule has 0 aromatic heterocycles. The van der Waals surface area contributed by atoms with E-state index >= 15 is 0 Å². The second-order valence-corrected chi connectivity index (χ2v) is 7.18. The molecule has 0 N–H and O–H groups in total. The normalized spacial score (nSPS) is 21.9. The minimum atomic E-state index is -3.30. The van der Waals surface area contributed by atoms with Crippen LogP contribution in [-0.4, -0.2) is 61.8 Å². The number of morpholine rings is 1. The Bertz CT molecular complexity index is 288. The largest absolute Gasteiger partial charge is 0.379 e. The number of alkyl halides is 1. The van der Waals surface area contributed by atoms with Crippen LogP contribution in [0.3, 0.4) is 0 Å². The Morgan fingerprint density at radius 1 is 1.47 bits per heavy atom. The summed E-state index contributed by atoms with van der Waals surface area (Å²) in [5.74, 6) is 0. The highest BCUT2D eigenvalue weighted by Gasteiger charge is 2.28. The molecule has 0 spiro atoms. The van der Waals surface area contributed by atoms with Crippen molar-refractivity contribution in [2.24, 2.45) is 0 Å². The molecule has 7 heteroatoms. The van der Waals surface area contributed by atoms with Gasteiger partial charge in [0.15, 0.2) is 0 Å². The van der Waals surface area contributed by atoms with Gasteiger partial charge in [-0.05, 0) is 0 Å². The molecule has 1 atom stereocenters. The van der Waals surface area contributed by atoms with Crippen LogP contribution < -0.4 is 0 Å². The Hall–Kier alpha value is 0.310. The molecule has 0 radical (unpaired) electrons. The van der Waals surface area contributed by atoms with E-state index in [9.17, 15) is 8.42 Å². The van der Waals surface area contributed by atoms with Crippen LogP contribution in [0, 0.1) is 0 Å². The van der Waals surface area contributed by atoms with Gasteiger partial charge < -0.3 is 4.74 Å². The second-order valence-electron chi connectivity index (χ2n) is 3.58. The lowest BCUT2D eigenvalue weighted by molar-refractivity contribution is 0.0706. The van der Waals surface area contributed by atoms with Crippen molar-refractivity contribution in [2.45, 2.75) is 11.8 Å². The fourth-order valence-electron chi connectivity index (χ4n) is 1.42. The summed E-state index contributed by atoms with van der Waals surface area (Å²) in [5, 5.41) is 0. The SMILES string of the molecule is CC(Br)CN(C)S(=O)(=O)N1CCOCC1. The molecule has 0 aromatic carbocycles. The summed E-state index contributed by atoms with van der Waals surface area (Å²) < 4.78 is 32.0. The van der Waals surface area contributed by atoms with Gasteiger partial charge in [-0.25, -0.2) is 0 Å². The summed E-state index contributed by atoms with van der Waals surface area (Å²) in [6, 6.07) is 0. The summed E-state index contributed by atoms with van der Waals surface area (Å²) in [7, 11) is -1.70. The van der Waals surface area contributed by atoms with Crippen molar-refractivity contribution in [3.8, 4) is 0 Å². The van der Waals surface area contributed by atoms with E-state index in [4.69, 9.17) is 4.74 Å². The first-order chi connectivity index (χ1) is 6.94. The first kappa shape index (κ1) is 13.4. The minimum Gasteiger partial charge on any atom is -0.379 e. The highest BCUT2D eigenvalue weighted by molar-refractivity contribution is 9.09. The van der Waals surface area contributed by atoms with E-state index < -0.39 is 10.2 Å². The topological polar surface area (TPSA) is 49.9 Å². The Morgan fingerprint density at radius 3 is 2.47 bits per heavy atom. The van der Waals surface area contributed by atoms with Gasteiger partial charge in [0.25, 0.3) is 10.2 Å². The molecule has 5 nitrogen and oxygen atoms in total. The lowest BCUT2D eigenvalue weighted by atomic mass is 10.5. The summed E-state index contributed by atoms with van der Waals surface area (Å²) in [4.78, 5) is 0.151. The molecule has 0 amide bonds. The van der Waals surface area contributed by atoms with E-state index in [1.807, 2.05) is 6.92 Å². The molecule has 0 bridgehead atoms. The van der Waals surface area contributed by atoms with Crippen LogP contribution in [0.25, 0.3) is 0 Å². The molecule has 1 saturated heterocycles. The molecule has 0 aliphatic carbocycles. The zero-order valence-corrected chi connectivity index (χ0v) is 11.4. The van der Waals surface area contributed by atoms with Crippen molar-refractivity contribution in [3.63, 3.8) is 0 Å². The average molecular weight is 301 g/mol. The number of nitrogens with zero attached hydrogens (tertiary/aromatic N) is 2. The van der Waals surface area contributed by atoms with Crippen molar-refractivity contribution >= 4 is 26.1 Å². The number of hydrogen-bond acceptors (Lipinski definition) is 3. The Morgan fingerprint density at radius 2 is 2.00 bits per heavy atom. The van der Waals surface area contributed by atoms with Crippen LogP contribution in [0.1, 0.15) is 6.92 Å². The van der Waals surface area contributed by atoms with Crippen molar-refractivity contribution in [1.29, 1.82) is 0 Å². The maximum absolute atomic E-state index is 12.0. The average Bonchev–Trinajstić information content (AvgIpc) is 2.18. The van der Waals surface area contributed by atoms with Crippen molar-refractivity contribution < 1.29 is 13.2 Å². The van der Waals surface area contributed by atoms with E-state index in [2.05, 4.69) is 15.9 Å². The van der Waals surface area contributed by atoms with E-state index in [0.29, 0.717) is 32.8 Å². The van der Waals surface area contributed by atoms with Gasteiger partial charge in [-0.1, -0.05) is 22.9 Å². The molecular weight excluding hydrogens is 284 g/mol.